The average Bonchev–Trinajstić information content (AvgIpc) is 3.25. The highest BCUT2D eigenvalue weighted by Gasteiger charge is 2.61. The molecule has 2 atom stereocenters. The molecule has 190 valence electrons. The monoisotopic (exact) mass is 515 g/mol. The molecule has 6 rings (SSSR count). The number of carbonyl (C=O) groups excluding carboxylic acids is 3. The predicted octanol–water partition coefficient (Wildman–Crippen LogP) is 3.77. The van der Waals surface area contributed by atoms with Crippen molar-refractivity contribution in [3.63, 3.8) is 0 Å². The van der Waals surface area contributed by atoms with Gasteiger partial charge in [0.15, 0.2) is 5.78 Å². The molecule has 7 nitrogen and oxygen atoms in total. The highest BCUT2D eigenvalue weighted by Crippen LogP contribution is 2.48. The molecule has 1 saturated carbocycles. The molecule has 0 spiro atoms. The van der Waals surface area contributed by atoms with Crippen LogP contribution in [0.1, 0.15) is 52.9 Å². The fraction of sp³-hybridized carbons (Fsp3) is 0.379. The molecule has 3 aromatic rings. The molecule has 8 heteroatoms. The number of hydrogen-bond donors (Lipinski definition) is 1. The SMILES string of the molecule is Cc1ncsc1-c1ccc(CCC(=O)[C@@H]2C[C@@H](O)CN2C(=O)C2(N3Cc4ccccc4C3=O)CC2)cc1. The Morgan fingerprint density at radius 2 is 1.89 bits per heavy atom. The van der Waals surface area contributed by atoms with Gasteiger partial charge in [0.1, 0.15) is 5.54 Å². The van der Waals surface area contributed by atoms with E-state index in [1.807, 2.05) is 42.8 Å². The zero-order chi connectivity index (χ0) is 25.7. The third-order valence-electron chi connectivity index (χ3n) is 7.99. The number of β-amino-alcohol motifs (C(OH)–C–C–N with tert-alkyl or cyclic N) is 1. The fourth-order valence-electron chi connectivity index (χ4n) is 5.76. The Balaban J connectivity index is 1.13. The number of benzene rings is 2. The summed E-state index contributed by atoms with van der Waals surface area (Å²) in [7, 11) is 0. The Kier molecular flexibility index (Phi) is 5.96. The standard InChI is InChI=1S/C29H29N3O4S/c1-18-26(37-17-30-18)20-9-6-19(7-10-20)8-11-25(34)24-14-22(33)16-31(24)28(36)29(12-13-29)32-15-21-4-2-3-5-23(21)27(32)35/h2-7,9-10,17,22,24,33H,8,11-16H2,1H3/t22-,24+/m1/s1. The number of ketones is 1. The molecule has 0 bridgehead atoms. The molecule has 1 aliphatic carbocycles. The number of thiazole rings is 1. The summed E-state index contributed by atoms with van der Waals surface area (Å²) in [5, 5.41) is 10.4. The quantitative estimate of drug-likeness (QED) is 0.517. The van der Waals surface area contributed by atoms with Crippen molar-refractivity contribution in [1.82, 2.24) is 14.8 Å². The number of rotatable bonds is 7. The van der Waals surface area contributed by atoms with Gasteiger partial charge in [-0.2, -0.15) is 0 Å². The van der Waals surface area contributed by atoms with Gasteiger partial charge >= 0.3 is 0 Å². The molecular weight excluding hydrogens is 486 g/mol. The van der Waals surface area contributed by atoms with Crippen LogP contribution in [0.15, 0.2) is 54.0 Å². The van der Waals surface area contributed by atoms with Crippen LogP contribution in [0.2, 0.25) is 0 Å². The van der Waals surface area contributed by atoms with Crippen molar-refractivity contribution in [3.05, 3.63) is 76.4 Å². The first-order valence-electron chi connectivity index (χ1n) is 12.8. The summed E-state index contributed by atoms with van der Waals surface area (Å²) >= 11 is 1.61. The smallest absolute Gasteiger partial charge is 0.255 e. The summed E-state index contributed by atoms with van der Waals surface area (Å²) in [6.07, 6.45) is 1.55. The van der Waals surface area contributed by atoms with Crippen molar-refractivity contribution >= 4 is 28.9 Å². The Morgan fingerprint density at radius 3 is 2.57 bits per heavy atom. The largest absolute Gasteiger partial charge is 0.391 e. The van der Waals surface area contributed by atoms with Crippen LogP contribution in [0.3, 0.4) is 0 Å². The maximum atomic E-state index is 13.8. The normalized spacial score (nSPS) is 21.8. The van der Waals surface area contributed by atoms with Gasteiger partial charge in [-0.1, -0.05) is 42.5 Å². The van der Waals surface area contributed by atoms with E-state index in [2.05, 4.69) is 17.1 Å². The van der Waals surface area contributed by atoms with Gasteiger partial charge in [-0.15, -0.1) is 11.3 Å². The second kappa shape index (κ2) is 9.19. The Labute approximate surface area is 219 Å². The van der Waals surface area contributed by atoms with E-state index in [9.17, 15) is 19.5 Å². The molecule has 2 amide bonds. The lowest BCUT2D eigenvalue weighted by Crippen LogP contribution is -2.53. The van der Waals surface area contributed by atoms with Crippen molar-refractivity contribution in [2.75, 3.05) is 6.54 Å². The number of aliphatic hydroxyl groups excluding tert-OH is 1. The topological polar surface area (TPSA) is 90.8 Å². The maximum Gasteiger partial charge on any atom is 0.255 e. The average molecular weight is 516 g/mol. The number of fused-ring (bicyclic) bond motifs is 1. The lowest BCUT2D eigenvalue weighted by atomic mass is 9.99. The van der Waals surface area contributed by atoms with Crippen LogP contribution in [-0.4, -0.2) is 61.7 Å². The van der Waals surface area contributed by atoms with Crippen LogP contribution in [0.25, 0.3) is 10.4 Å². The van der Waals surface area contributed by atoms with Crippen LogP contribution in [0, 0.1) is 6.92 Å². The van der Waals surface area contributed by atoms with Gasteiger partial charge in [0.2, 0.25) is 5.91 Å². The number of aliphatic hydroxyl groups is 1. The summed E-state index contributed by atoms with van der Waals surface area (Å²) in [4.78, 5) is 48.9. The Hall–Kier alpha value is -3.36. The summed E-state index contributed by atoms with van der Waals surface area (Å²) < 4.78 is 0. The van der Waals surface area contributed by atoms with Crippen LogP contribution in [-0.2, 0) is 22.6 Å². The van der Waals surface area contributed by atoms with E-state index in [0.717, 1.165) is 27.3 Å². The molecule has 1 N–H and O–H groups in total. The minimum atomic E-state index is -0.899. The summed E-state index contributed by atoms with van der Waals surface area (Å²) in [5.74, 6) is -0.368. The molecule has 0 radical (unpaired) electrons. The zero-order valence-electron chi connectivity index (χ0n) is 20.7. The van der Waals surface area contributed by atoms with Gasteiger partial charge in [-0.25, -0.2) is 4.98 Å². The molecule has 2 aliphatic heterocycles. The highest BCUT2D eigenvalue weighted by atomic mass is 32.1. The van der Waals surface area contributed by atoms with Crippen molar-refractivity contribution in [3.8, 4) is 10.4 Å². The van der Waals surface area contributed by atoms with Crippen LogP contribution >= 0.6 is 11.3 Å². The van der Waals surface area contributed by atoms with Gasteiger partial charge in [-0.3, -0.25) is 14.4 Å². The Morgan fingerprint density at radius 1 is 1.14 bits per heavy atom. The molecule has 2 fully saturated rings. The van der Waals surface area contributed by atoms with E-state index in [1.165, 1.54) is 0 Å². The molecule has 3 heterocycles. The summed E-state index contributed by atoms with van der Waals surface area (Å²) in [6, 6.07) is 15.0. The number of Topliss-reactive ketones (excluding diaryl/α,β-unsaturated/α-hetero) is 1. The van der Waals surface area contributed by atoms with Gasteiger partial charge < -0.3 is 14.9 Å². The van der Waals surface area contributed by atoms with Gasteiger partial charge in [0.05, 0.1) is 28.2 Å². The molecule has 2 aromatic carbocycles. The molecule has 37 heavy (non-hydrogen) atoms. The van der Waals surface area contributed by atoms with E-state index in [4.69, 9.17) is 0 Å². The van der Waals surface area contributed by atoms with Crippen molar-refractivity contribution < 1.29 is 19.5 Å². The van der Waals surface area contributed by atoms with E-state index < -0.39 is 17.7 Å². The first-order valence-corrected chi connectivity index (χ1v) is 13.7. The van der Waals surface area contributed by atoms with Crippen molar-refractivity contribution in [2.45, 2.75) is 63.3 Å². The lowest BCUT2D eigenvalue weighted by molar-refractivity contribution is -0.142. The van der Waals surface area contributed by atoms with Gasteiger partial charge in [0, 0.05) is 31.5 Å². The molecule has 0 unspecified atom stereocenters. The van der Waals surface area contributed by atoms with Crippen molar-refractivity contribution in [1.29, 1.82) is 0 Å². The third kappa shape index (κ3) is 4.18. The third-order valence-corrected chi connectivity index (χ3v) is 8.97. The zero-order valence-corrected chi connectivity index (χ0v) is 21.5. The van der Waals surface area contributed by atoms with Crippen molar-refractivity contribution in [2.24, 2.45) is 0 Å². The number of hydrogen-bond acceptors (Lipinski definition) is 6. The van der Waals surface area contributed by atoms with Gasteiger partial charge in [0.25, 0.3) is 5.91 Å². The minimum absolute atomic E-state index is 0.0425. The molecule has 3 aliphatic rings. The number of likely N-dealkylation sites (tertiary alicyclic amines) is 1. The second-order valence-corrected chi connectivity index (χ2v) is 11.2. The fourth-order valence-corrected chi connectivity index (χ4v) is 6.58. The van der Waals surface area contributed by atoms with E-state index in [0.29, 0.717) is 37.8 Å². The van der Waals surface area contributed by atoms with Crippen LogP contribution in [0.4, 0.5) is 0 Å². The second-order valence-electron chi connectivity index (χ2n) is 10.4. The van der Waals surface area contributed by atoms with Crippen LogP contribution < -0.4 is 0 Å². The number of nitrogens with zero attached hydrogens (tertiary/aromatic N) is 3. The van der Waals surface area contributed by atoms with Gasteiger partial charge in [-0.05, 0) is 48.9 Å². The van der Waals surface area contributed by atoms with E-state index in [-0.39, 0.29) is 30.6 Å². The molecule has 1 aromatic heterocycles. The molecule has 1 saturated heterocycles. The first-order chi connectivity index (χ1) is 17.9. The summed E-state index contributed by atoms with van der Waals surface area (Å²) in [5.41, 5.74) is 5.68. The number of aromatic nitrogens is 1. The number of aryl methyl sites for hydroxylation is 2. The van der Waals surface area contributed by atoms with Crippen LogP contribution in [0.5, 0.6) is 0 Å². The van der Waals surface area contributed by atoms with E-state index >= 15 is 0 Å². The maximum absolute atomic E-state index is 13.8. The molecular formula is C29H29N3O4S. The number of amides is 2. The lowest BCUT2D eigenvalue weighted by Gasteiger charge is -2.33. The van der Waals surface area contributed by atoms with E-state index in [1.54, 1.807) is 27.2 Å². The predicted molar refractivity (Wildman–Crippen MR) is 140 cm³/mol. The first kappa shape index (κ1) is 24.0. The number of carbonyl (C=O) groups is 3. The highest BCUT2D eigenvalue weighted by molar-refractivity contribution is 7.13. The summed E-state index contributed by atoms with van der Waals surface area (Å²) in [6.45, 7) is 2.54. The minimum Gasteiger partial charge on any atom is -0.391 e. The Bertz CT molecular complexity index is 1380.